The van der Waals surface area contributed by atoms with Crippen LogP contribution in [0, 0.1) is 6.92 Å². The molecule has 0 saturated carbocycles. The lowest BCUT2D eigenvalue weighted by Gasteiger charge is -2.07. The van der Waals surface area contributed by atoms with E-state index < -0.39 is 0 Å². The molecule has 0 saturated heterocycles. The Kier molecular flexibility index (Phi) is 3.78. The Morgan fingerprint density at radius 3 is 2.76 bits per heavy atom. The van der Waals surface area contributed by atoms with Crippen LogP contribution >= 0.6 is 15.9 Å². The summed E-state index contributed by atoms with van der Waals surface area (Å²) in [6.07, 6.45) is 0.739. The molecule has 2 aromatic rings. The maximum atomic E-state index is 5.64. The van der Waals surface area contributed by atoms with Crippen molar-refractivity contribution < 1.29 is 9.15 Å². The van der Waals surface area contributed by atoms with Crippen LogP contribution in [0.4, 0.5) is 0 Å². The van der Waals surface area contributed by atoms with E-state index in [1.54, 1.807) is 0 Å². The summed E-state index contributed by atoms with van der Waals surface area (Å²) < 4.78 is 12.0. The van der Waals surface area contributed by atoms with Crippen molar-refractivity contribution in [1.29, 1.82) is 0 Å². The van der Waals surface area contributed by atoms with Crippen LogP contribution < -0.4 is 4.74 Å². The number of halogens is 1. The molecule has 17 heavy (non-hydrogen) atoms. The van der Waals surface area contributed by atoms with Gasteiger partial charge >= 0.3 is 0 Å². The number of ether oxygens (including phenoxy) is 1. The van der Waals surface area contributed by atoms with E-state index in [2.05, 4.69) is 26.1 Å². The van der Waals surface area contributed by atoms with E-state index in [1.807, 2.05) is 32.0 Å². The summed E-state index contributed by atoms with van der Waals surface area (Å²) in [5.41, 5.74) is 1.07. The average molecular weight is 297 g/mol. The zero-order chi connectivity index (χ0) is 12.3. The Bertz CT molecular complexity index is 511. The average Bonchev–Trinajstić information content (AvgIpc) is 2.78. The molecule has 0 aliphatic carbocycles. The lowest BCUT2D eigenvalue weighted by molar-refractivity contribution is 0.257. The smallest absolute Gasteiger partial charge is 0.253 e. The monoisotopic (exact) mass is 296 g/mol. The number of nitrogens with zero attached hydrogens (tertiary/aromatic N) is 2. The van der Waals surface area contributed by atoms with Crippen molar-refractivity contribution in [3.8, 4) is 5.75 Å². The summed E-state index contributed by atoms with van der Waals surface area (Å²) in [5, 5.41) is 7.78. The molecule has 0 spiro atoms. The maximum Gasteiger partial charge on any atom is 0.253 e. The summed E-state index contributed by atoms with van der Waals surface area (Å²) in [4.78, 5) is 0. The Balaban J connectivity index is 2.04. The van der Waals surface area contributed by atoms with E-state index in [4.69, 9.17) is 9.15 Å². The zero-order valence-corrected chi connectivity index (χ0v) is 11.3. The largest absolute Gasteiger partial charge is 0.483 e. The molecule has 1 aromatic heterocycles. The molecule has 1 aromatic carbocycles. The van der Waals surface area contributed by atoms with Crippen LogP contribution in [-0.4, -0.2) is 10.2 Å². The standard InChI is InChI=1S/C12H13BrN2O2/c1-3-11-14-15-12(17-11)7-16-10-6-9(13)5-4-8(10)2/h4-6H,3,7H2,1-2H3. The van der Waals surface area contributed by atoms with Gasteiger partial charge in [0.1, 0.15) is 5.75 Å². The van der Waals surface area contributed by atoms with Crippen molar-refractivity contribution in [3.05, 3.63) is 40.0 Å². The number of hydrogen-bond donors (Lipinski definition) is 0. The van der Waals surface area contributed by atoms with Crippen LogP contribution in [0.2, 0.25) is 0 Å². The molecule has 0 radical (unpaired) electrons. The minimum atomic E-state index is 0.296. The minimum Gasteiger partial charge on any atom is -0.483 e. The van der Waals surface area contributed by atoms with Crippen molar-refractivity contribution in [1.82, 2.24) is 10.2 Å². The molecule has 2 rings (SSSR count). The molecule has 1 heterocycles. The Morgan fingerprint density at radius 2 is 2.06 bits per heavy atom. The molecule has 0 aliphatic rings. The van der Waals surface area contributed by atoms with Gasteiger partial charge in [-0.2, -0.15) is 0 Å². The molecule has 0 fully saturated rings. The fraction of sp³-hybridized carbons (Fsp3) is 0.333. The summed E-state index contributed by atoms with van der Waals surface area (Å²) in [6.45, 7) is 4.26. The quantitative estimate of drug-likeness (QED) is 0.869. The summed E-state index contributed by atoms with van der Waals surface area (Å²) >= 11 is 3.41. The van der Waals surface area contributed by atoms with Gasteiger partial charge in [0, 0.05) is 10.9 Å². The van der Waals surface area contributed by atoms with Crippen molar-refractivity contribution in [2.75, 3.05) is 0 Å². The van der Waals surface area contributed by atoms with Gasteiger partial charge in [0.25, 0.3) is 5.89 Å². The summed E-state index contributed by atoms with van der Waals surface area (Å²) in [7, 11) is 0. The third-order valence-corrected chi connectivity index (χ3v) is 2.81. The predicted molar refractivity (Wildman–Crippen MR) is 66.9 cm³/mol. The van der Waals surface area contributed by atoms with Gasteiger partial charge in [-0.25, -0.2) is 0 Å². The van der Waals surface area contributed by atoms with Crippen LogP contribution in [0.15, 0.2) is 27.1 Å². The van der Waals surface area contributed by atoms with Crippen LogP contribution in [0.3, 0.4) is 0 Å². The van der Waals surface area contributed by atoms with E-state index in [9.17, 15) is 0 Å². The first kappa shape index (κ1) is 12.1. The van der Waals surface area contributed by atoms with Crippen molar-refractivity contribution in [3.63, 3.8) is 0 Å². The van der Waals surface area contributed by atoms with Crippen LogP contribution in [-0.2, 0) is 13.0 Å². The SMILES string of the molecule is CCc1nnc(COc2cc(Br)ccc2C)o1. The van der Waals surface area contributed by atoms with Gasteiger partial charge in [0.2, 0.25) is 5.89 Å². The second-order valence-electron chi connectivity index (χ2n) is 3.64. The highest BCUT2D eigenvalue weighted by Gasteiger charge is 2.06. The lowest BCUT2D eigenvalue weighted by Crippen LogP contribution is -1.97. The molecule has 0 unspecified atom stereocenters. The molecular formula is C12H13BrN2O2. The normalized spacial score (nSPS) is 10.5. The highest BCUT2D eigenvalue weighted by atomic mass is 79.9. The molecule has 5 heteroatoms. The van der Waals surface area contributed by atoms with Crippen molar-refractivity contribution in [2.24, 2.45) is 0 Å². The van der Waals surface area contributed by atoms with Gasteiger partial charge in [0.05, 0.1) is 0 Å². The first-order chi connectivity index (χ1) is 8.19. The van der Waals surface area contributed by atoms with Gasteiger partial charge < -0.3 is 9.15 Å². The molecule has 0 aliphatic heterocycles. The number of benzene rings is 1. The number of aryl methyl sites for hydroxylation is 2. The van der Waals surface area contributed by atoms with Crippen LogP contribution in [0.1, 0.15) is 24.3 Å². The van der Waals surface area contributed by atoms with Gasteiger partial charge in [0.15, 0.2) is 6.61 Å². The second kappa shape index (κ2) is 5.31. The van der Waals surface area contributed by atoms with Gasteiger partial charge in [-0.15, -0.1) is 10.2 Å². The van der Waals surface area contributed by atoms with Gasteiger partial charge in [-0.05, 0) is 24.6 Å². The highest BCUT2D eigenvalue weighted by molar-refractivity contribution is 9.10. The first-order valence-corrected chi connectivity index (χ1v) is 6.18. The van der Waals surface area contributed by atoms with E-state index in [0.717, 1.165) is 22.2 Å². The Labute approximate surface area is 108 Å². The molecule has 0 N–H and O–H groups in total. The van der Waals surface area contributed by atoms with Crippen LogP contribution in [0.5, 0.6) is 5.75 Å². The number of hydrogen-bond acceptors (Lipinski definition) is 4. The molecule has 0 bridgehead atoms. The van der Waals surface area contributed by atoms with Crippen LogP contribution in [0.25, 0.3) is 0 Å². The van der Waals surface area contributed by atoms with Crippen molar-refractivity contribution >= 4 is 15.9 Å². The molecule has 0 atom stereocenters. The summed E-state index contributed by atoms with van der Waals surface area (Å²) in [6, 6.07) is 5.89. The topological polar surface area (TPSA) is 48.2 Å². The van der Waals surface area contributed by atoms with Gasteiger partial charge in [-0.3, -0.25) is 0 Å². The minimum absolute atomic E-state index is 0.296. The Morgan fingerprint density at radius 1 is 1.29 bits per heavy atom. The predicted octanol–water partition coefficient (Wildman–Crippen LogP) is 3.28. The molecular weight excluding hydrogens is 284 g/mol. The van der Waals surface area contributed by atoms with E-state index in [0.29, 0.717) is 18.4 Å². The maximum absolute atomic E-state index is 5.64. The zero-order valence-electron chi connectivity index (χ0n) is 9.74. The van der Waals surface area contributed by atoms with E-state index in [-0.39, 0.29) is 0 Å². The molecule has 0 amide bonds. The fourth-order valence-corrected chi connectivity index (χ4v) is 1.70. The summed E-state index contributed by atoms with van der Waals surface area (Å²) in [5.74, 6) is 1.95. The van der Waals surface area contributed by atoms with E-state index >= 15 is 0 Å². The Hall–Kier alpha value is -1.36. The lowest BCUT2D eigenvalue weighted by atomic mass is 10.2. The third kappa shape index (κ3) is 3.06. The fourth-order valence-electron chi connectivity index (χ4n) is 1.36. The number of aromatic nitrogens is 2. The van der Waals surface area contributed by atoms with E-state index in [1.165, 1.54) is 0 Å². The highest BCUT2D eigenvalue weighted by Crippen LogP contribution is 2.23. The number of rotatable bonds is 4. The third-order valence-electron chi connectivity index (χ3n) is 2.31. The first-order valence-electron chi connectivity index (χ1n) is 5.39. The molecule has 4 nitrogen and oxygen atoms in total. The second-order valence-corrected chi connectivity index (χ2v) is 4.56. The van der Waals surface area contributed by atoms with Gasteiger partial charge in [-0.1, -0.05) is 28.9 Å². The van der Waals surface area contributed by atoms with Crippen molar-refractivity contribution in [2.45, 2.75) is 26.9 Å². The molecule has 90 valence electrons.